The highest BCUT2D eigenvalue weighted by molar-refractivity contribution is 5.93. The minimum atomic E-state index is -1.33. The van der Waals surface area contributed by atoms with Gasteiger partial charge in [-0.15, -0.1) is 0 Å². The molecule has 1 aliphatic heterocycles. The minimum absolute atomic E-state index is 0.124. The molecule has 2 amide bonds. The molecule has 1 fully saturated rings. The normalized spacial score (nSPS) is 18.1. The van der Waals surface area contributed by atoms with Gasteiger partial charge in [-0.25, -0.2) is 4.79 Å². The van der Waals surface area contributed by atoms with Crippen LogP contribution in [0.4, 0.5) is 4.79 Å². The van der Waals surface area contributed by atoms with E-state index >= 15 is 0 Å². The zero-order valence-electron chi connectivity index (χ0n) is 13.6. The Morgan fingerprint density at radius 3 is 2.71 bits per heavy atom. The first kappa shape index (κ1) is 17.6. The Kier molecular flexibility index (Phi) is 5.62. The molecule has 0 aliphatic carbocycles. The summed E-state index contributed by atoms with van der Waals surface area (Å²) in [5, 5.41) is 11.0. The second kappa shape index (κ2) is 7.67. The van der Waals surface area contributed by atoms with Gasteiger partial charge in [0.2, 0.25) is 5.91 Å². The molecule has 1 aromatic rings. The number of methoxy groups -OCH3 is 2. The van der Waals surface area contributed by atoms with E-state index in [0.717, 1.165) is 5.56 Å². The van der Waals surface area contributed by atoms with Crippen molar-refractivity contribution in [3.8, 4) is 11.5 Å². The molecule has 0 aromatic heterocycles. The molecule has 130 valence electrons. The maximum Gasteiger partial charge on any atom is 0.405 e. The summed E-state index contributed by atoms with van der Waals surface area (Å²) < 4.78 is 10.5. The van der Waals surface area contributed by atoms with Crippen molar-refractivity contribution in [1.29, 1.82) is 0 Å². The van der Waals surface area contributed by atoms with Crippen LogP contribution >= 0.6 is 0 Å². The first-order valence-electron chi connectivity index (χ1n) is 7.45. The van der Waals surface area contributed by atoms with E-state index < -0.39 is 18.0 Å². The fourth-order valence-electron chi connectivity index (χ4n) is 2.61. The van der Waals surface area contributed by atoms with Gasteiger partial charge in [-0.05, 0) is 12.1 Å². The minimum Gasteiger partial charge on any atom is -0.497 e. The number of carbonyl (C=O) groups is 3. The Labute approximate surface area is 139 Å². The molecular weight excluding hydrogens is 316 g/mol. The number of benzene rings is 1. The van der Waals surface area contributed by atoms with E-state index in [0.29, 0.717) is 11.5 Å². The molecule has 2 N–H and O–H groups in total. The van der Waals surface area contributed by atoms with E-state index in [4.69, 9.17) is 14.6 Å². The lowest BCUT2D eigenvalue weighted by molar-refractivity contribution is -0.133. The number of carbonyl (C=O) groups excluding carboxylic acids is 2. The van der Waals surface area contributed by atoms with E-state index in [2.05, 4.69) is 5.32 Å². The summed E-state index contributed by atoms with van der Waals surface area (Å²) in [6.07, 6.45) is -1.26. The Morgan fingerprint density at radius 2 is 2.08 bits per heavy atom. The lowest BCUT2D eigenvalue weighted by atomic mass is 10.1. The Balaban J connectivity index is 2.22. The average Bonchev–Trinajstić information content (AvgIpc) is 2.68. The molecule has 1 aromatic carbocycles. The van der Waals surface area contributed by atoms with Crippen molar-refractivity contribution in [2.75, 3.05) is 20.8 Å². The summed E-state index contributed by atoms with van der Waals surface area (Å²) in [7, 11) is 3.06. The maximum atomic E-state index is 12.5. The number of hydrogen-bond acceptors (Lipinski definition) is 5. The number of hydrogen-bond donors (Lipinski definition) is 2. The second-order valence-corrected chi connectivity index (χ2v) is 5.43. The summed E-state index contributed by atoms with van der Waals surface area (Å²) in [4.78, 5) is 36.6. The monoisotopic (exact) mass is 336 g/mol. The van der Waals surface area contributed by atoms with Crippen molar-refractivity contribution < 1.29 is 29.0 Å². The molecule has 1 heterocycles. The Hall–Kier alpha value is -2.77. The zero-order valence-corrected chi connectivity index (χ0v) is 13.6. The van der Waals surface area contributed by atoms with Crippen LogP contribution in [0, 0.1) is 0 Å². The third-order valence-corrected chi connectivity index (χ3v) is 3.86. The van der Waals surface area contributed by atoms with Gasteiger partial charge in [-0.2, -0.15) is 0 Å². The number of carboxylic acid groups (broad SMARTS) is 1. The van der Waals surface area contributed by atoms with Crippen LogP contribution in [0.5, 0.6) is 11.5 Å². The average molecular weight is 336 g/mol. The van der Waals surface area contributed by atoms with Gasteiger partial charge in [0, 0.05) is 37.6 Å². The highest BCUT2D eigenvalue weighted by atomic mass is 16.5. The van der Waals surface area contributed by atoms with E-state index in [1.54, 1.807) is 25.3 Å². The summed E-state index contributed by atoms with van der Waals surface area (Å²) >= 11 is 0. The molecule has 8 heteroatoms. The number of nitrogens with zero attached hydrogens (tertiary/aromatic N) is 1. The highest BCUT2D eigenvalue weighted by Crippen LogP contribution is 2.26. The van der Waals surface area contributed by atoms with Gasteiger partial charge in [-0.3, -0.25) is 9.59 Å². The number of ether oxygens (including phenoxy) is 2. The van der Waals surface area contributed by atoms with Gasteiger partial charge in [-0.1, -0.05) is 0 Å². The molecule has 1 atom stereocenters. The van der Waals surface area contributed by atoms with Crippen molar-refractivity contribution in [1.82, 2.24) is 10.2 Å². The number of amides is 2. The number of Topliss-reactive ketones (excluding diaryl/α,β-unsaturated/α-hetero) is 1. The molecule has 0 radical (unpaired) electrons. The van der Waals surface area contributed by atoms with Crippen LogP contribution in [-0.2, 0) is 16.1 Å². The van der Waals surface area contributed by atoms with Crippen LogP contribution in [0.2, 0.25) is 0 Å². The second-order valence-electron chi connectivity index (χ2n) is 5.43. The molecule has 1 aliphatic rings. The van der Waals surface area contributed by atoms with E-state index in [1.165, 1.54) is 12.0 Å². The van der Waals surface area contributed by atoms with Crippen LogP contribution in [0.25, 0.3) is 0 Å². The quantitative estimate of drug-likeness (QED) is 0.832. The Morgan fingerprint density at radius 1 is 1.33 bits per heavy atom. The molecule has 0 saturated carbocycles. The highest BCUT2D eigenvalue weighted by Gasteiger charge is 2.32. The van der Waals surface area contributed by atoms with Crippen LogP contribution in [0.15, 0.2) is 18.2 Å². The predicted octanol–water partition coefficient (Wildman–Crippen LogP) is 1.03. The molecule has 8 nitrogen and oxygen atoms in total. The SMILES string of the molecule is COc1ccc(CN2CCC(=O)C[C@@H](NC(=O)O)C2=O)c(OC)c1. The summed E-state index contributed by atoms with van der Waals surface area (Å²) in [5.74, 6) is 0.617. The molecular formula is C16H20N2O6. The molecule has 0 unspecified atom stereocenters. The molecule has 24 heavy (non-hydrogen) atoms. The van der Waals surface area contributed by atoms with Gasteiger partial charge >= 0.3 is 6.09 Å². The molecule has 0 bridgehead atoms. The molecule has 1 saturated heterocycles. The van der Waals surface area contributed by atoms with Crippen molar-refractivity contribution >= 4 is 17.8 Å². The summed E-state index contributed by atoms with van der Waals surface area (Å²) in [6.45, 7) is 0.460. The number of nitrogens with one attached hydrogen (secondary N) is 1. The predicted molar refractivity (Wildman–Crippen MR) is 84.2 cm³/mol. The van der Waals surface area contributed by atoms with Gasteiger partial charge < -0.3 is 24.8 Å². The van der Waals surface area contributed by atoms with Crippen molar-refractivity contribution in [2.24, 2.45) is 0 Å². The van der Waals surface area contributed by atoms with Crippen LogP contribution in [0.1, 0.15) is 18.4 Å². The lowest BCUT2D eigenvalue weighted by Crippen LogP contribution is -2.47. The third-order valence-electron chi connectivity index (χ3n) is 3.86. The molecule has 0 spiro atoms. The van der Waals surface area contributed by atoms with Crippen LogP contribution in [-0.4, -0.2) is 54.6 Å². The van der Waals surface area contributed by atoms with E-state index in [1.807, 2.05) is 0 Å². The van der Waals surface area contributed by atoms with E-state index in [9.17, 15) is 14.4 Å². The topological polar surface area (TPSA) is 105 Å². The lowest BCUT2D eigenvalue weighted by Gasteiger charge is -2.24. The molecule has 2 rings (SSSR count). The van der Waals surface area contributed by atoms with Gasteiger partial charge in [0.1, 0.15) is 23.3 Å². The first-order chi connectivity index (χ1) is 11.4. The van der Waals surface area contributed by atoms with Crippen LogP contribution < -0.4 is 14.8 Å². The largest absolute Gasteiger partial charge is 0.497 e. The summed E-state index contributed by atoms with van der Waals surface area (Å²) in [6, 6.07) is 4.17. The number of ketones is 1. The van der Waals surface area contributed by atoms with Crippen molar-refractivity contribution in [3.63, 3.8) is 0 Å². The fraction of sp³-hybridized carbons (Fsp3) is 0.438. The fourth-order valence-corrected chi connectivity index (χ4v) is 2.61. The first-order valence-corrected chi connectivity index (χ1v) is 7.45. The van der Waals surface area contributed by atoms with Crippen LogP contribution in [0.3, 0.4) is 0 Å². The Bertz CT molecular complexity index is 645. The number of likely N-dealkylation sites (tertiary alicyclic amines) is 1. The maximum absolute atomic E-state index is 12.5. The number of rotatable bonds is 5. The third kappa shape index (κ3) is 4.15. The van der Waals surface area contributed by atoms with Gasteiger partial charge in [0.15, 0.2) is 0 Å². The van der Waals surface area contributed by atoms with Crippen molar-refractivity contribution in [2.45, 2.75) is 25.4 Å². The van der Waals surface area contributed by atoms with Gasteiger partial charge in [0.25, 0.3) is 0 Å². The standard InChI is InChI=1S/C16H20N2O6/c1-23-12-4-3-10(14(8-12)24-2)9-18-6-5-11(19)7-13(15(18)20)17-16(21)22/h3-4,8,13,17H,5-7,9H2,1-2H3,(H,21,22)/t13-/m1/s1. The van der Waals surface area contributed by atoms with E-state index in [-0.39, 0.29) is 31.7 Å². The van der Waals surface area contributed by atoms with Gasteiger partial charge in [0.05, 0.1) is 14.2 Å². The zero-order chi connectivity index (χ0) is 17.7. The summed E-state index contributed by atoms with van der Waals surface area (Å²) in [5.41, 5.74) is 0.745. The smallest absolute Gasteiger partial charge is 0.405 e. The van der Waals surface area contributed by atoms with Crippen molar-refractivity contribution in [3.05, 3.63) is 23.8 Å².